The Morgan fingerprint density at radius 2 is 2.11 bits per heavy atom. The number of benzene rings is 1. The average molecular weight is 337 g/mol. The Morgan fingerprint density at radius 3 is 2.74 bits per heavy atom. The minimum Gasteiger partial charge on any atom is -0.369 e. The number of nitrogens with one attached hydrogen (secondary N) is 1. The highest BCUT2D eigenvalue weighted by molar-refractivity contribution is 9.10. The van der Waals surface area contributed by atoms with Crippen LogP contribution in [0.15, 0.2) is 22.7 Å². The van der Waals surface area contributed by atoms with Gasteiger partial charge in [0.15, 0.2) is 0 Å². The maximum Gasteiger partial charge on any atom is 0.416 e. The van der Waals surface area contributed by atoms with Crippen molar-refractivity contribution in [1.29, 1.82) is 0 Å². The lowest BCUT2D eigenvalue weighted by Gasteiger charge is -2.35. The van der Waals surface area contributed by atoms with E-state index in [2.05, 4.69) is 21.2 Å². The van der Waals surface area contributed by atoms with Gasteiger partial charge in [0.2, 0.25) is 0 Å². The van der Waals surface area contributed by atoms with Crippen LogP contribution in [0.4, 0.5) is 18.9 Å². The fourth-order valence-corrected chi connectivity index (χ4v) is 2.86. The lowest BCUT2D eigenvalue weighted by atomic mass is 10.0. The van der Waals surface area contributed by atoms with Crippen LogP contribution in [0, 0.1) is 0 Å². The van der Waals surface area contributed by atoms with E-state index in [0.717, 1.165) is 32.0 Å². The van der Waals surface area contributed by atoms with E-state index >= 15 is 0 Å². The van der Waals surface area contributed by atoms with Gasteiger partial charge in [0.25, 0.3) is 0 Å². The fraction of sp³-hybridized carbons (Fsp3) is 0.538. The van der Waals surface area contributed by atoms with Gasteiger partial charge in [-0.25, -0.2) is 0 Å². The van der Waals surface area contributed by atoms with E-state index in [9.17, 15) is 13.2 Å². The monoisotopic (exact) mass is 336 g/mol. The second kappa shape index (κ2) is 5.71. The van der Waals surface area contributed by atoms with Crippen molar-refractivity contribution in [1.82, 2.24) is 5.32 Å². The van der Waals surface area contributed by atoms with E-state index in [1.54, 1.807) is 0 Å². The molecule has 19 heavy (non-hydrogen) atoms. The molecule has 0 amide bonds. The van der Waals surface area contributed by atoms with E-state index in [4.69, 9.17) is 0 Å². The Morgan fingerprint density at radius 1 is 1.37 bits per heavy atom. The molecule has 1 N–H and O–H groups in total. The van der Waals surface area contributed by atoms with Gasteiger partial charge in [-0.1, -0.05) is 0 Å². The smallest absolute Gasteiger partial charge is 0.369 e. The highest BCUT2D eigenvalue weighted by atomic mass is 79.9. The number of halogens is 4. The van der Waals surface area contributed by atoms with Gasteiger partial charge in [0.05, 0.1) is 11.3 Å². The molecule has 0 aromatic heterocycles. The lowest BCUT2D eigenvalue weighted by Crippen LogP contribution is -2.44. The van der Waals surface area contributed by atoms with Crippen molar-refractivity contribution < 1.29 is 13.2 Å². The fourth-order valence-electron chi connectivity index (χ4n) is 2.36. The van der Waals surface area contributed by atoms with Crippen LogP contribution < -0.4 is 10.2 Å². The Bertz CT molecular complexity index is 448. The average Bonchev–Trinajstić information content (AvgIpc) is 2.38. The summed E-state index contributed by atoms with van der Waals surface area (Å²) in [6, 6.07) is 4.13. The van der Waals surface area contributed by atoms with Gasteiger partial charge in [-0.05, 0) is 54.0 Å². The summed E-state index contributed by atoms with van der Waals surface area (Å²) in [5.74, 6) is 0. The summed E-state index contributed by atoms with van der Waals surface area (Å²) in [6.07, 6.45) is -2.26. The first-order chi connectivity index (χ1) is 8.91. The van der Waals surface area contributed by atoms with Crippen molar-refractivity contribution in [2.45, 2.75) is 25.1 Å². The van der Waals surface area contributed by atoms with Crippen molar-refractivity contribution in [3.8, 4) is 0 Å². The molecule has 6 heteroatoms. The van der Waals surface area contributed by atoms with E-state index in [1.807, 2.05) is 11.9 Å². The molecular formula is C13H16BrF3N2. The molecule has 0 aliphatic carbocycles. The van der Waals surface area contributed by atoms with Crippen LogP contribution in [0.25, 0.3) is 0 Å². The van der Waals surface area contributed by atoms with Crippen LogP contribution in [0.2, 0.25) is 0 Å². The predicted octanol–water partition coefficient (Wildman–Crippen LogP) is 3.66. The van der Waals surface area contributed by atoms with Crippen molar-refractivity contribution in [2.24, 2.45) is 0 Å². The molecule has 2 nitrogen and oxygen atoms in total. The summed E-state index contributed by atoms with van der Waals surface area (Å²) in [7, 11) is 1.88. The number of hydrogen-bond acceptors (Lipinski definition) is 2. The van der Waals surface area contributed by atoms with Crippen molar-refractivity contribution in [3.63, 3.8) is 0 Å². The molecule has 0 bridgehead atoms. The lowest BCUT2D eigenvalue weighted by molar-refractivity contribution is -0.137. The number of likely N-dealkylation sites (N-methyl/N-ethyl adjacent to an activating group) is 1. The van der Waals surface area contributed by atoms with Crippen molar-refractivity contribution in [2.75, 3.05) is 25.0 Å². The largest absolute Gasteiger partial charge is 0.416 e. The van der Waals surface area contributed by atoms with Gasteiger partial charge in [0.1, 0.15) is 0 Å². The van der Waals surface area contributed by atoms with Crippen LogP contribution in [0.3, 0.4) is 0 Å². The molecule has 0 radical (unpaired) electrons. The molecule has 0 spiro atoms. The molecular weight excluding hydrogens is 321 g/mol. The molecule has 1 aromatic rings. The standard InChI is InChI=1S/C13H16BrF3N2/c1-18-10-3-2-6-19(8-10)12-7-9(13(15,16)17)4-5-11(12)14/h4-5,7,10,18H,2-3,6,8H2,1H3. The van der Waals surface area contributed by atoms with Crippen molar-refractivity contribution >= 4 is 21.6 Å². The molecule has 1 aromatic carbocycles. The number of piperidine rings is 1. The summed E-state index contributed by atoms with van der Waals surface area (Å²) in [6.45, 7) is 1.52. The molecule has 1 aliphatic heterocycles. The van der Waals surface area contributed by atoms with E-state index < -0.39 is 11.7 Å². The number of alkyl halides is 3. The van der Waals surface area contributed by atoms with Crippen LogP contribution in [0.5, 0.6) is 0 Å². The molecule has 106 valence electrons. The minimum atomic E-state index is -4.30. The molecule has 2 rings (SSSR count). The Kier molecular flexibility index (Phi) is 4.40. The summed E-state index contributed by atoms with van der Waals surface area (Å²) < 4.78 is 39.0. The number of rotatable bonds is 2. The summed E-state index contributed by atoms with van der Waals surface area (Å²) in [5.41, 5.74) is 0.0204. The molecule has 1 aliphatic rings. The highest BCUT2D eigenvalue weighted by Crippen LogP contribution is 2.36. The third kappa shape index (κ3) is 3.42. The van der Waals surface area contributed by atoms with Crippen LogP contribution in [-0.2, 0) is 6.18 Å². The number of hydrogen-bond donors (Lipinski definition) is 1. The number of anilines is 1. The second-order valence-corrected chi connectivity index (χ2v) is 5.59. The van der Waals surface area contributed by atoms with Crippen LogP contribution in [-0.4, -0.2) is 26.2 Å². The van der Waals surface area contributed by atoms with Crippen LogP contribution in [0.1, 0.15) is 18.4 Å². The van der Waals surface area contributed by atoms with Crippen molar-refractivity contribution in [3.05, 3.63) is 28.2 Å². The third-order valence-corrected chi connectivity index (χ3v) is 4.11. The Hall–Kier alpha value is -0.750. The molecule has 1 unspecified atom stereocenters. The predicted molar refractivity (Wildman–Crippen MR) is 73.4 cm³/mol. The first-order valence-electron chi connectivity index (χ1n) is 6.21. The zero-order valence-electron chi connectivity index (χ0n) is 10.6. The van der Waals surface area contributed by atoms with Crippen LogP contribution >= 0.6 is 15.9 Å². The minimum absolute atomic E-state index is 0.329. The quantitative estimate of drug-likeness (QED) is 0.886. The maximum atomic E-state index is 12.8. The van der Waals surface area contributed by atoms with E-state index in [1.165, 1.54) is 12.1 Å². The second-order valence-electron chi connectivity index (χ2n) is 4.74. The molecule has 1 saturated heterocycles. The Labute approximate surface area is 119 Å². The molecule has 0 saturated carbocycles. The van der Waals surface area contributed by atoms with Gasteiger partial charge < -0.3 is 10.2 Å². The van der Waals surface area contributed by atoms with E-state index in [-0.39, 0.29) is 0 Å². The van der Waals surface area contributed by atoms with Gasteiger partial charge in [-0.2, -0.15) is 13.2 Å². The topological polar surface area (TPSA) is 15.3 Å². The number of nitrogens with zero attached hydrogens (tertiary/aromatic N) is 1. The highest BCUT2D eigenvalue weighted by Gasteiger charge is 2.32. The summed E-state index contributed by atoms with van der Waals surface area (Å²) in [5, 5.41) is 3.19. The SMILES string of the molecule is CNC1CCCN(c2cc(C(F)(F)F)ccc2Br)C1. The van der Waals surface area contributed by atoms with Gasteiger partial charge in [-0.15, -0.1) is 0 Å². The molecule has 1 fully saturated rings. The van der Waals surface area contributed by atoms with Gasteiger partial charge in [-0.3, -0.25) is 0 Å². The Balaban J connectivity index is 2.28. The third-order valence-electron chi connectivity index (χ3n) is 3.44. The first-order valence-corrected chi connectivity index (χ1v) is 7.00. The molecule has 1 atom stereocenters. The summed E-state index contributed by atoms with van der Waals surface area (Å²) >= 11 is 3.35. The van der Waals surface area contributed by atoms with Gasteiger partial charge in [0, 0.05) is 23.6 Å². The zero-order chi connectivity index (χ0) is 14.0. The molecule has 1 heterocycles. The summed E-state index contributed by atoms with van der Waals surface area (Å²) in [4.78, 5) is 2.00. The van der Waals surface area contributed by atoms with Gasteiger partial charge >= 0.3 is 6.18 Å². The first kappa shape index (κ1) is 14.7. The normalized spacial score (nSPS) is 20.7. The maximum absolute atomic E-state index is 12.8. The van der Waals surface area contributed by atoms with E-state index in [0.29, 0.717) is 16.2 Å². The zero-order valence-corrected chi connectivity index (χ0v) is 12.2.